The third-order valence-electron chi connectivity index (χ3n) is 5.35. The van der Waals surface area contributed by atoms with Crippen molar-refractivity contribution in [1.82, 2.24) is 0 Å². The van der Waals surface area contributed by atoms with E-state index in [-0.39, 0.29) is 0 Å². The van der Waals surface area contributed by atoms with E-state index in [1.165, 1.54) is 44.9 Å². The van der Waals surface area contributed by atoms with Crippen LogP contribution < -0.4 is 0 Å². The van der Waals surface area contributed by atoms with E-state index in [1.807, 2.05) is 0 Å². The van der Waals surface area contributed by atoms with Crippen molar-refractivity contribution >= 4 is 0 Å². The molecule has 1 saturated heterocycles. The van der Waals surface area contributed by atoms with E-state index in [4.69, 9.17) is 9.84 Å². The molecule has 0 aromatic rings. The van der Waals surface area contributed by atoms with Crippen LogP contribution >= 0.6 is 0 Å². The predicted octanol–water partition coefficient (Wildman–Crippen LogP) is 3.83. The number of hydrogen-bond acceptors (Lipinski definition) is 2. The molecule has 0 aromatic carbocycles. The Bertz CT molecular complexity index is 323. The average Bonchev–Trinajstić information content (AvgIpc) is 2.47. The molecule has 3 aliphatic rings. The maximum Gasteiger partial charge on any atom is 0.0644 e. The summed E-state index contributed by atoms with van der Waals surface area (Å²) >= 11 is 0. The fourth-order valence-electron chi connectivity index (χ4n) is 4.44. The maximum atomic E-state index is 8.96. The minimum Gasteiger partial charge on any atom is -0.396 e. The number of hydrogen-bond donors (Lipinski definition) is 1. The van der Waals surface area contributed by atoms with E-state index in [1.54, 1.807) is 5.57 Å². The Kier molecular flexibility index (Phi) is 4.60. The summed E-state index contributed by atoms with van der Waals surface area (Å²) < 4.78 is 6.48. The number of rotatable bonds is 4. The Morgan fingerprint density at radius 2 is 1.89 bits per heavy atom. The zero-order chi connectivity index (χ0) is 13.1. The Balaban J connectivity index is 1.71. The molecule has 0 spiro atoms. The van der Waals surface area contributed by atoms with Gasteiger partial charge < -0.3 is 9.84 Å². The number of aliphatic hydroxyl groups excluding tert-OH is 1. The highest BCUT2D eigenvalue weighted by Crippen LogP contribution is 2.46. The summed E-state index contributed by atoms with van der Waals surface area (Å²) in [6.45, 7) is 0.326. The lowest BCUT2D eigenvalue weighted by Crippen LogP contribution is -2.45. The third kappa shape index (κ3) is 2.90. The first kappa shape index (κ1) is 13.6. The minimum absolute atomic E-state index is 0.326. The molecule has 0 radical (unpaired) electrons. The van der Waals surface area contributed by atoms with Crippen LogP contribution in [0.25, 0.3) is 0 Å². The highest BCUT2D eigenvalue weighted by atomic mass is 16.5. The van der Waals surface area contributed by atoms with Gasteiger partial charge in [0.25, 0.3) is 0 Å². The molecular formula is C17H28O2. The molecule has 3 rings (SSSR count). The molecule has 2 fully saturated rings. The number of allylic oxidation sites excluding steroid dienone is 1. The fraction of sp³-hybridized carbons (Fsp3) is 0.882. The molecule has 1 saturated carbocycles. The van der Waals surface area contributed by atoms with Crippen molar-refractivity contribution in [3.63, 3.8) is 0 Å². The second kappa shape index (κ2) is 6.41. The predicted molar refractivity (Wildman–Crippen MR) is 77.0 cm³/mol. The normalized spacial score (nSPS) is 38.3. The van der Waals surface area contributed by atoms with Gasteiger partial charge >= 0.3 is 0 Å². The molecule has 0 bridgehead atoms. The SMILES string of the molecule is OCCCC[C@H]1O[C@@H]2CCCC[C@H]2C2=CCCC[C@@H]21. The van der Waals surface area contributed by atoms with Crippen LogP contribution in [0.3, 0.4) is 0 Å². The topological polar surface area (TPSA) is 29.5 Å². The van der Waals surface area contributed by atoms with Crippen molar-refractivity contribution < 1.29 is 9.84 Å². The van der Waals surface area contributed by atoms with Crippen LogP contribution in [0.2, 0.25) is 0 Å². The summed E-state index contributed by atoms with van der Waals surface area (Å²) in [4.78, 5) is 0. The van der Waals surface area contributed by atoms with Gasteiger partial charge in [-0.2, -0.15) is 0 Å². The van der Waals surface area contributed by atoms with E-state index in [2.05, 4.69) is 6.08 Å². The Hall–Kier alpha value is -0.340. The summed E-state index contributed by atoms with van der Waals surface area (Å²) in [5, 5.41) is 8.96. The Labute approximate surface area is 117 Å². The van der Waals surface area contributed by atoms with Crippen molar-refractivity contribution in [1.29, 1.82) is 0 Å². The van der Waals surface area contributed by atoms with Gasteiger partial charge in [-0.25, -0.2) is 0 Å². The van der Waals surface area contributed by atoms with Crippen molar-refractivity contribution in [2.45, 2.75) is 76.4 Å². The third-order valence-corrected chi connectivity index (χ3v) is 5.35. The summed E-state index contributed by atoms with van der Waals surface area (Å²) in [6, 6.07) is 0. The smallest absolute Gasteiger partial charge is 0.0644 e. The first-order chi connectivity index (χ1) is 9.40. The maximum absolute atomic E-state index is 8.96. The number of unbranched alkanes of at least 4 members (excludes halogenated alkanes) is 1. The molecule has 2 nitrogen and oxygen atoms in total. The molecule has 0 unspecified atom stereocenters. The molecule has 1 aliphatic heterocycles. The van der Waals surface area contributed by atoms with Crippen LogP contribution in [0.15, 0.2) is 11.6 Å². The largest absolute Gasteiger partial charge is 0.396 e. The van der Waals surface area contributed by atoms with E-state index in [0.717, 1.165) is 25.2 Å². The van der Waals surface area contributed by atoms with Gasteiger partial charge in [0.2, 0.25) is 0 Å². The number of aliphatic hydroxyl groups is 1. The van der Waals surface area contributed by atoms with Crippen LogP contribution in [-0.4, -0.2) is 23.9 Å². The highest BCUT2D eigenvalue weighted by molar-refractivity contribution is 5.20. The van der Waals surface area contributed by atoms with E-state index in [9.17, 15) is 0 Å². The Morgan fingerprint density at radius 1 is 1.05 bits per heavy atom. The van der Waals surface area contributed by atoms with Crippen LogP contribution in [0.5, 0.6) is 0 Å². The van der Waals surface area contributed by atoms with Gasteiger partial charge in [0.1, 0.15) is 0 Å². The lowest BCUT2D eigenvalue weighted by Gasteiger charge is -2.47. The molecular weight excluding hydrogens is 236 g/mol. The molecule has 1 N–H and O–H groups in total. The van der Waals surface area contributed by atoms with Crippen LogP contribution in [0.4, 0.5) is 0 Å². The summed E-state index contributed by atoms with van der Waals surface area (Å²) in [7, 11) is 0. The van der Waals surface area contributed by atoms with Gasteiger partial charge in [-0.05, 0) is 51.4 Å². The Morgan fingerprint density at radius 3 is 2.79 bits per heavy atom. The molecule has 2 aliphatic carbocycles. The molecule has 0 amide bonds. The lowest BCUT2D eigenvalue weighted by molar-refractivity contribution is -0.107. The van der Waals surface area contributed by atoms with Crippen molar-refractivity contribution in [2.24, 2.45) is 11.8 Å². The molecule has 19 heavy (non-hydrogen) atoms. The quantitative estimate of drug-likeness (QED) is 0.617. The molecule has 0 aromatic heterocycles. The minimum atomic E-state index is 0.326. The van der Waals surface area contributed by atoms with E-state index >= 15 is 0 Å². The molecule has 1 heterocycles. The second-order valence-corrected chi connectivity index (χ2v) is 6.56. The van der Waals surface area contributed by atoms with Gasteiger partial charge in [0.05, 0.1) is 12.2 Å². The van der Waals surface area contributed by atoms with Crippen LogP contribution in [-0.2, 0) is 4.74 Å². The molecule has 108 valence electrons. The van der Waals surface area contributed by atoms with Gasteiger partial charge in [-0.15, -0.1) is 0 Å². The monoisotopic (exact) mass is 264 g/mol. The van der Waals surface area contributed by atoms with Gasteiger partial charge in [0, 0.05) is 18.4 Å². The first-order valence-electron chi connectivity index (χ1n) is 8.36. The fourth-order valence-corrected chi connectivity index (χ4v) is 4.44. The zero-order valence-electron chi connectivity index (χ0n) is 12.0. The van der Waals surface area contributed by atoms with Crippen molar-refractivity contribution in [3.8, 4) is 0 Å². The number of ether oxygens (including phenoxy) is 1. The van der Waals surface area contributed by atoms with Gasteiger partial charge in [0.15, 0.2) is 0 Å². The van der Waals surface area contributed by atoms with E-state index < -0.39 is 0 Å². The van der Waals surface area contributed by atoms with Gasteiger partial charge in [-0.1, -0.05) is 24.5 Å². The summed E-state index contributed by atoms with van der Waals surface area (Å²) in [6.07, 6.45) is 16.0. The molecule has 2 heteroatoms. The standard InChI is InChI=1S/C17H28O2/c18-12-6-5-11-17-14-8-2-1-7-13(14)15-9-3-4-10-16(15)19-17/h7,14-18H,1-6,8-12H2/t14-,15-,16+,17+/m0/s1. The van der Waals surface area contributed by atoms with Crippen LogP contribution in [0.1, 0.15) is 64.2 Å². The van der Waals surface area contributed by atoms with Crippen LogP contribution in [0, 0.1) is 11.8 Å². The molecule has 4 atom stereocenters. The first-order valence-corrected chi connectivity index (χ1v) is 8.36. The summed E-state index contributed by atoms with van der Waals surface area (Å²) in [5.74, 6) is 1.44. The van der Waals surface area contributed by atoms with Crippen molar-refractivity contribution in [2.75, 3.05) is 6.61 Å². The highest BCUT2D eigenvalue weighted by Gasteiger charge is 2.42. The van der Waals surface area contributed by atoms with Crippen molar-refractivity contribution in [3.05, 3.63) is 11.6 Å². The number of fused-ring (bicyclic) bond motifs is 3. The lowest BCUT2D eigenvalue weighted by atomic mass is 9.68. The average molecular weight is 264 g/mol. The van der Waals surface area contributed by atoms with E-state index in [0.29, 0.717) is 24.7 Å². The zero-order valence-corrected chi connectivity index (χ0v) is 12.0. The second-order valence-electron chi connectivity index (χ2n) is 6.56. The summed E-state index contributed by atoms with van der Waals surface area (Å²) in [5.41, 5.74) is 1.76. The van der Waals surface area contributed by atoms with Gasteiger partial charge in [-0.3, -0.25) is 0 Å².